The summed E-state index contributed by atoms with van der Waals surface area (Å²) in [4.78, 5) is 37.6. The van der Waals surface area contributed by atoms with Gasteiger partial charge in [-0.2, -0.15) is 0 Å². The molecule has 2 unspecified atom stereocenters. The first-order valence-corrected chi connectivity index (χ1v) is 35.3. The van der Waals surface area contributed by atoms with Crippen molar-refractivity contribution in [1.82, 2.24) is 0 Å². The van der Waals surface area contributed by atoms with Crippen LogP contribution in [0.2, 0.25) is 0 Å². The molecule has 0 heterocycles. The molecule has 0 fully saturated rings. The summed E-state index contributed by atoms with van der Waals surface area (Å²) in [6.07, 6.45) is 100. The van der Waals surface area contributed by atoms with Crippen LogP contribution in [0.4, 0.5) is 0 Å². The van der Waals surface area contributed by atoms with Crippen molar-refractivity contribution in [2.45, 2.75) is 270 Å². The molecule has 0 aliphatic heterocycles. The number of rotatable bonds is 63. The van der Waals surface area contributed by atoms with Gasteiger partial charge in [-0.05, 0) is 128 Å². The van der Waals surface area contributed by atoms with Crippen LogP contribution in [0.15, 0.2) is 170 Å². The molecule has 0 aliphatic carbocycles. The Morgan fingerprint density at radius 2 is 0.607 bits per heavy atom. The van der Waals surface area contributed by atoms with Gasteiger partial charge in [-0.1, -0.05) is 287 Å². The van der Waals surface area contributed by atoms with Gasteiger partial charge in [0.1, 0.15) is 13.2 Å². The van der Waals surface area contributed by atoms with Crippen molar-refractivity contribution in [2.75, 3.05) is 47.5 Å². The molecule has 0 aromatic carbocycles. The molecule has 9 heteroatoms. The number of allylic oxidation sites excluding steroid dienone is 28. The van der Waals surface area contributed by atoms with E-state index < -0.39 is 24.3 Å². The largest absolute Gasteiger partial charge is 0.477 e. The number of carboxylic acid groups (broad SMARTS) is 1. The fourth-order valence-electron chi connectivity index (χ4n) is 9.15. The minimum Gasteiger partial charge on any atom is -0.477 e. The molecule has 0 aromatic rings. The average molecular weight is 1230 g/mol. The van der Waals surface area contributed by atoms with Gasteiger partial charge in [0.05, 0.1) is 34.4 Å². The molecule has 0 rings (SSSR count). The topological polar surface area (TPSA) is 108 Å². The predicted molar refractivity (Wildman–Crippen MR) is 382 cm³/mol. The van der Waals surface area contributed by atoms with E-state index in [9.17, 15) is 19.5 Å². The van der Waals surface area contributed by atoms with E-state index in [0.29, 0.717) is 17.4 Å². The molecule has 0 amide bonds. The number of carboxylic acids is 1. The fourth-order valence-corrected chi connectivity index (χ4v) is 9.15. The van der Waals surface area contributed by atoms with E-state index in [4.69, 9.17) is 18.9 Å². The molecule has 0 aromatic heterocycles. The predicted octanol–water partition coefficient (Wildman–Crippen LogP) is 22.2. The number of carbonyl (C=O) groups is 3. The molecule has 2 atom stereocenters. The highest BCUT2D eigenvalue weighted by Crippen LogP contribution is 2.16. The minimum absolute atomic E-state index is 0.178. The lowest BCUT2D eigenvalue weighted by atomic mass is 10.0. The Hall–Kier alpha value is -5.35. The molecule has 0 saturated heterocycles. The Balaban J connectivity index is 4.17. The number of nitrogens with zero attached hydrogens (tertiary/aromatic N) is 1. The number of aliphatic carboxylic acids is 1. The van der Waals surface area contributed by atoms with E-state index in [-0.39, 0.29) is 38.6 Å². The van der Waals surface area contributed by atoms with Gasteiger partial charge in [0.15, 0.2) is 6.10 Å². The van der Waals surface area contributed by atoms with Crippen LogP contribution in [0, 0.1) is 0 Å². The summed E-state index contributed by atoms with van der Waals surface area (Å²) in [5.74, 6) is -2.03. The van der Waals surface area contributed by atoms with Crippen molar-refractivity contribution < 1.29 is 42.9 Å². The zero-order valence-electron chi connectivity index (χ0n) is 57.3. The first-order chi connectivity index (χ1) is 43.6. The van der Waals surface area contributed by atoms with Crippen LogP contribution < -0.4 is 0 Å². The van der Waals surface area contributed by atoms with Gasteiger partial charge in [-0.15, -0.1) is 0 Å². The second kappa shape index (κ2) is 68.6. The van der Waals surface area contributed by atoms with E-state index >= 15 is 0 Å². The number of ether oxygens (including phenoxy) is 4. The van der Waals surface area contributed by atoms with E-state index in [2.05, 4.69) is 184 Å². The normalized spacial score (nSPS) is 13.8. The maximum absolute atomic E-state index is 13.0. The van der Waals surface area contributed by atoms with Gasteiger partial charge in [-0.25, -0.2) is 4.79 Å². The molecule has 0 radical (unpaired) electrons. The lowest BCUT2D eigenvalue weighted by Crippen LogP contribution is -2.40. The zero-order valence-corrected chi connectivity index (χ0v) is 57.3. The lowest BCUT2D eigenvalue weighted by molar-refractivity contribution is -0.870. The number of hydrogen-bond donors (Lipinski definition) is 1. The Bertz CT molecular complexity index is 2070. The number of likely N-dealkylation sites (N-methyl/N-ethyl adjacent to an activating group) is 1. The van der Waals surface area contributed by atoms with E-state index in [1.54, 1.807) is 0 Å². The molecular formula is C80H130NO8+. The average Bonchev–Trinajstić information content (AvgIpc) is 3.64. The van der Waals surface area contributed by atoms with Crippen LogP contribution in [0.5, 0.6) is 0 Å². The van der Waals surface area contributed by atoms with Crippen molar-refractivity contribution in [3.05, 3.63) is 170 Å². The third-order valence-corrected chi connectivity index (χ3v) is 14.5. The fraction of sp³-hybridized carbons (Fsp3) is 0.613. The standard InChI is InChI=1S/C80H129NO8/c1-6-8-10-12-14-16-18-20-22-24-26-28-30-32-33-34-35-36-37-38-39-40-41-42-43-44-45-47-49-51-53-55-57-59-61-63-65-67-69-71-78(83)89-76(75-88-80(79(84)85)86-73-72-81(3,4)5)74-87-77(82)70-68-66-64-62-60-58-56-54-52-50-48-46-31-29-27-25-23-21-19-17-15-13-11-9-7-2/h8-11,14-17,20-23,26-29,32-33,35-36,38-39,41-42,44-46,48,76,80H,6-7,12-13,18-19,24-25,30-31,34,37,40,43,47,49-75H2,1-5H3/p+1/b10-8-,11-9-,16-14-,17-15-,22-20-,23-21-,28-26-,29-27-,33-32-,36-35-,39-38-,42-41-,45-44-,48-46-. The van der Waals surface area contributed by atoms with Crippen LogP contribution in [-0.4, -0.2) is 87.4 Å². The van der Waals surface area contributed by atoms with Crippen molar-refractivity contribution in [2.24, 2.45) is 0 Å². The van der Waals surface area contributed by atoms with E-state index in [0.717, 1.165) is 148 Å². The van der Waals surface area contributed by atoms with Crippen molar-refractivity contribution in [1.29, 1.82) is 0 Å². The third-order valence-electron chi connectivity index (χ3n) is 14.5. The molecule has 0 saturated carbocycles. The molecule has 1 N–H and O–H groups in total. The first kappa shape index (κ1) is 83.7. The highest BCUT2D eigenvalue weighted by Gasteiger charge is 2.25. The molecule has 89 heavy (non-hydrogen) atoms. The van der Waals surface area contributed by atoms with Crippen molar-refractivity contribution in [3.63, 3.8) is 0 Å². The molecular weight excluding hydrogens is 1100 g/mol. The third kappa shape index (κ3) is 70.0. The number of carbonyl (C=O) groups excluding carboxylic acids is 2. The Kier molecular flexibility index (Phi) is 64.4. The molecule has 0 bridgehead atoms. The van der Waals surface area contributed by atoms with Crippen LogP contribution in [-0.2, 0) is 33.3 Å². The van der Waals surface area contributed by atoms with Gasteiger partial charge in [0.25, 0.3) is 6.29 Å². The SMILES string of the molecule is CC/C=C\C/C=C\C/C=C\C/C=C\C/C=C\C/C=C\C/C=C\C/C=C\C/C=C\CCCCCCCCCCCCCC(=O)OC(COC(=O)CCCCCCCCCCC/C=C\C/C=C\C/C=C\C/C=C\C/C=C\CC)COC(OCC[N+](C)(C)C)C(=O)O. The molecule has 9 nitrogen and oxygen atoms in total. The van der Waals surface area contributed by atoms with Crippen molar-refractivity contribution in [3.8, 4) is 0 Å². The van der Waals surface area contributed by atoms with Crippen LogP contribution in [0.3, 0.4) is 0 Å². The Morgan fingerprint density at radius 3 is 0.899 bits per heavy atom. The second-order valence-electron chi connectivity index (χ2n) is 24.1. The maximum atomic E-state index is 13.0. The minimum atomic E-state index is -1.52. The van der Waals surface area contributed by atoms with Crippen LogP contribution in [0.25, 0.3) is 0 Å². The van der Waals surface area contributed by atoms with Crippen LogP contribution >= 0.6 is 0 Å². The number of hydrogen-bond acceptors (Lipinski definition) is 7. The second-order valence-corrected chi connectivity index (χ2v) is 24.1. The van der Waals surface area contributed by atoms with Crippen molar-refractivity contribution >= 4 is 17.9 Å². The van der Waals surface area contributed by atoms with Gasteiger partial charge in [-0.3, -0.25) is 9.59 Å². The summed E-state index contributed by atoms with van der Waals surface area (Å²) in [7, 11) is 5.96. The summed E-state index contributed by atoms with van der Waals surface area (Å²) in [5, 5.41) is 9.75. The van der Waals surface area contributed by atoms with E-state index in [1.807, 2.05) is 21.1 Å². The first-order valence-electron chi connectivity index (χ1n) is 35.3. The number of esters is 2. The highest BCUT2D eigenvalue weighted by atomic mass is 16.7. The van der Waals surface area contributed by atoms with Gasteiger partial charge in [0, 0.05) is 12.8 Å². The summed E-state index contributed by atoms with van der Waals surface area (Å²) in [6.45, 7) is 4.63. The molecule has 0 aliphatic rings. The van der Waals surface area contributed by atoms with Gasteiger partial charge in [0.2, 0.25) is 0 Å². The number of quaternary nitrogens is 1. The highest BCUT2D eigenvalue weighted by molar-refractivity contribution is 5.71. The van der Waals surface area contributed by atoms with Crippen LogP contribution in [0.1, 0.15) is 258 Å². The zero-order chi connectivity index (χ0) is 64.7. The summed E-state index contributed by atoms with van der Waals surface area (Å²) in [6, 6.07) is 0. The quantitative estimate of drug-likeness (QED) is 0.0211. The monoisotopic (exact) mass is 1230 g/mol. The smallest absolute Gasteiger partial charge is 0.361 e. The summed E-state index contributed by atoms with van der Waals surface area (Å²) < 4.78 is 23.0. The van der Waals surface area contributed by atoms with Gasteiger partial charge < -0.3 is 28.5 Å². The maximum Gasteiger partial charge on any atom is 0.361 e. The van der Waals surface area contributed by atoms with E-state index in [1.165, 1.54) is 77.0 Å². The summed E-state index contributed by atoms with van der Waals surface area (Å²) in [5.41, 5.74) is 0. The summed E-state index contributed by atoms with van der Waals surface area (Å²) >= 11 is 0. The molecule has 0 spiro atoms. The number of unbranched alkanes of at least 4 members (excludes halogenated alkanes) is 20. The Morgan fingerprint density at radius 1 is 0.337 bits per heavy atom. The molecule has 502 valence electrons. The van der Waals surface area contributed by atoms with Gasteiger partial charge >= 0.3 is 17.9 Å². The lowest BCUT2D eigenvalue weighted by Gasteiger charge is -2.25. The Labute approximate surface area is 546 Å².